The summed E-state index contributed by atoms with van der Waals surface area (Å²) in [4.78, 5) is 2.42. The van der Waals surface area contributed by atoms with Crippen molar-refractivity contribution in [3.63, 3.8) is 0 Å². The summed E-state index contributed by atoms with van der Waals surface area (Å²) < 4.78 is 0. The Labute approximate surface area is 110 Å². The summed E-state index contributed by atoms with van der Waals surface area (Å²) in [7, 11) is 0. The normalized spacial score (nSPS) is 16.6. The zero-order chi connectivity index (χ0) is 12.8. The Hall–Kier alpha value is -0.900. The van der Waals surface area contributed by atoms with Crippen molar-refractivity contribution < 1.29 is 5.11 Å². The van der Waals surface area contributed by atoms with Gasteiger partial charge in [0.05, 0.1) is 6.61 Å². The van der Waals surface area contributed by atoms with Crippen LogP contribution in [0.3, 0.4) is 0 Å². The number of benzene rings is 1. The number of aliphatic hydroxyl groups excluding tert-OH is 1. The van der Waals surface area contributed by atoms with Crippen LogP contribution in [0.25, 0.3) is 0 Å². The molecule has 1 aromatic carbocycles. The lowest BCUT2D eigenvalue weighted by molar-refractivity contribution is 0.145. The van der Waals surface area contributed by atoms with Gasteiger partial charge in [-0.05, 0) is 24.0 Å². The van der Waals surface area contributed by atoms with Gasteiger partial charge in [0.25, 0.3) is 0 Å². The minimum Gasteiger partial charge on any atom is -0.395 e. The van der Waals surface area contributed by atoms with E-state index in [-0.39, 0.29) is 6.61 Å². The maximum Gasteiger partial charge on any atom is 0.0558 e. The summed E-state index contributed by atoms with van der Waals surface area (Å²) in [6.45, 7) is 2.57. The Balaban J connectivity index is 1.98. The van der Waals surface area contributed by atoms with Gasteiger partial charge in [-0.1, -0.05) is 37.1 Å². The third-order valence-electron chi connectivity index (χ3n) is 3.87. The van der Waals surface area contributed by atoms with Crippen molar-refractivity contribution in [3.8, 4) is 0 Å². The van der Waals surface area contributed by atoms with Crippen molar-refractivity contribution in [2.75, 3.05) is 13.2 Å². The number of aliphatic hydroxyl groups is 1. The van der Waals surface area contributed by atoms with Crippen LogP contribution in [-0.2, 0) is 13.1 Å². The first-order valence-electron chi connectivity index (χ1n) is 6.96. The van der Waals surface area contributed by atoms with E-state index in [0.717, 1.165) is 13.1 Å². The van der Waals surface area contributed by atoms with E-state index in [1.165, 1.54) is 36.8 Å². The third kappa shape index (κ3) is 3.55. The SMILES string of the molecule is NCc1ccc(CN(CCO)C2CCCC2)cc1. The lowest BCUT2D eigenvalue weighted by Gasteiger charge is -2.28. The number of nitrogens with two attached hydrogens (primary N) is 1. The van der Waals surface area contributed by atoms with E-state index in [2.05, 4.69) is 29.2 Å². The third-order valence-corrected chi connectivity index (χ3v) is 3.87. The average molecular weight is 248 g/mol. The average Bonchev–Trinajstić information content (AvgIpc) is 2.93. The largest absolute Gasteiger partial charge is 0.395 e. The molecule has 1 aliphatic carbocycles. The first-order chi connectivity index (χ1) is 8.83. The van der Waals surface area contributed by atoms with E-state index in [1.807, 2.05) is 0 Å². The summed E-state index contributed by atoms with van der Waals surface area (Å²) in [6, 6.07) is 9.16. The van der Waals surface area contributed by atoms with Crippen LogP contribution in [0.2, 0.25) is 0 Å². The molecule has 1 aromatic rings. The van der Waals surface area contributed by atoms with E-state index >= 15 is 0 Å². The smallest absolute Gasteiger partial charge is 0.0558 e. The van der Waals surface area contributed by atoms with Crippen LogP contribution in [0.5, 0.6) is 0 Å². The zero-order valence-corrected chi connectivity index (χ0v) is 11.0. The second-order valence-corrected chi connectivity index (χ2v) is 5.15. The van der Waals surface area contributed by atoms with Gasteiger partial charge in [-0.3, -0.25) is 4.90 Å². The van der Waals surface area contributed by atoms with Crippen molar-refractivity contribution >= 4 is 0 Å². The van der Waals surface area contributed by atoms with Crippen molar-refractivity contribution in [2.45, 2.75) is 44.8 Å². The number of rotatable bonds is 6. The highest BCUT2D eigenvalue weighted by Gasteiger charge is 2.21. The molecule has 1 aliphatic rings. The van der Waals surface area contributed by atoms with Gasteiger partial charge in [-0.2, -0.15) is 0 Å². The summed E-state index contributed by atoms with van der Waals surface area (Å²) in [5.41, 5.74) is 8.09. The van der Waals surface area contributed by atoms with Crippen molar-refractivity contribution in [1.29, 1.82) is 0 Å². The van der Waals surface area contributed by atoms with Crippen LogP contribution in [0, 0.1) is 0 Å². The van der Waals surface area contributed by atoms with E-state index in [9.17, 15) is 5.11 Å². The molecular formula is C15H24N2O. The maximum absolute atomic E-state index is 9.20. The fourth-order valence-corrected chi connectivity index (χ4v) is 2.80. The highest BCUT2D eigenvalue weighted by Crippen LogP contribution is 2.24. The molecule has 3 heteroatoms. The van der Waals surface area contributed by atoms with E-state index in [0.29, 0.717) is 12.6 Å². The molecule has 3 nitrogen and oxygen atoms in total. The Morgan fingerprint density at radius 1 is 1.11 bits per heavy atom. The molecule has 0 atom stereocenters. The van der Waals surface area contributed by atoms with Crippen LogP contribution in [-0.4, -0.2) is 29.2 Å². The summed E-state index contributed by atoms with van der Waals surface area (Å²) in [5, 5.41) is 9.20. The molecule has 1 saturated carbocycles. The monoisotopic (exact) mass is 248 g/mol. The molecule has 2 rings (SSSR count). The highest BCUT2D eigenvalue weighted by atomic mass is 16.3. The summed E-state index contributed by atoms with van der Waals surface area (Å²) in [5.74, 6) is 0. The van der Waals surface area contributed by atoms with Gasteiger partial charge in [0.1, 0.15) is 0 Å². The zero-order valence-electron chi connectivity index (χ0n) is 11.0. The second kappa shape index (κ2) is 6.88. The van der Waals surface area contributed by atoms with Gasteiger partial charge in [-0.15, -0.1) is 0 Å². The molecule has 0 unspecified atom stereocenters. The maximum atomic E-state index is 9.20. The molecular weight excluding hydrogens is 224 g/mol. The number of hydrogen-bond acceptors (Lipinski definition) is 3. The van der Waals surface area contributed by atoms with Gasteiger partial charge in [0.15, 0.2) is 0 Å². The quantitative estimate of drug-likeness (QED) is 0.808. The lowest BCUT2D eigenvalue weighted by Crippen LogP contribution is -2.35. The van der Waals surface area contributed by atoms with Gasteiger partial charge >= 0.3 is 0 Å². The molecule has 0 amide bonds. The summed E-state index contributed by atoms with van der Waals surface area (Å²) >= 11 is 0. The van der Waals surface area contributed by atoms with Gasteiger partial charge in [0.2, 0.25) is 0 Å². The molecule has 1 fully saturated rings. The van der Waals surface area contributed by atoms with Gasteiger partial charge in [-0.25, -0.2) is 0 Å². The Morgan fingerprint density at radius 2 is 1.72 bits per heavy atom. The van der Waals surface area contributed by atoms with Gasteiger partial charge in [0, 0.05) is 25.7 Å². The first-order valence-corrected chi connectivity index (χ1v) is 6.96. The molecule has 0 aromatic heterocycles. The molecule has 3 N–H and O–H groups in total. The predicted octanol–water partition coefficient (Wildman–Crippen LogP) is 1.88. The van der Waals surface area contributed by atoms with Crippen molar-refractivity contribution in [2.24, 2.45) is 5.73 Å². The van der Waals surface area contributed by atoms with Crippen LogP contribution in [0.4, 0.5) is 0 Å². The number of hydrogen-bond donors (Lipinski definition) is 2. The molecule has 0 saturated heterocycles. The fourth-order valence-electron chi connectivity index (χ4n) is 2.80. The Kier molecular flexibility index (Phi) is 5.17. The van der Waals surface area contributed by atoms with E-state index < -0.39 is 0 Å². The lowest BCUT2D eigenvalue weighted by atomic mass is 10.1. The predicted molar refractivity (Wildman–Crippen MR) is 74.1 cm³/mol. The van der Waals surface area contributed by atoms with E-state index in [4.69, 9.17) is 5.73 Å². The van der Waals surface area contributed by atoms with Crippen LogP contribution >= 0.6 is 0 Å². The van der Waals surface area contributed by atoms with Crippen molar-refractivity contribution in [3.05, 3.63) is 35.4 Å². The topological polar surface area (TPSA) is 49.5 Å². The molecule has 0 bridgehead atoms. The second-order valence-electron chi connectivity index (χ2n) is 5.15. The van der Waals surface area contributed by atoms with Crippen LogP contribution in [0.1, 0.15) is 36.8 Å². The standard InChI is InChI=1S/C15H24N2O/c16-11-13-5-7-14(8-6-13)12-17(9-10-18)15-3-1-2-4-15/h5-8,15,18H,1-4,9-12,16H2. The summed E-state index contributed by atoms with van der Waals surface area (Å²) in [6.07, 6.45) is 5.22. The Morgan fingerprint density at radius 3 is 2.28 bits per heavy atom. The molecule has 100 valence electrons. The Bertz CT molecular complexity index is 344. The van der Waals surface area contributed by atoms with Crippen LogP contribution in [0.15, 0.2) is 24.3 Å². The molecule has 0 heterocycles. The van der Waals surface area contributed by atoms with Crippen molar-refractivity contribution in [1.82, 2.24) is 4.90 Å². The molecule has 0 spiro atoms. The van der Waals surface area contributed by atoms with Crippen LogP contribution < -0.4 is 5.73 Å². The molecule has 18 heavy (non-hydrogen) atoms. The fraction of sp³-hybridized carbons (Fsp3) is 0.600. The number of nitrogens with zero attached hydrogens (tertiary/aromatic N) is 1. The molecule has 0 radical (unpaired) electrons. The minimum absolute atomic E-state index is 0.247. The van der Waals surface area contributed by atoms with E-state index in [1.54, 1.807) is 0 Å². The highest BCUT2D eigenvalue weighted by molar-refractivity contribution is 5.22. The van der Waals surface area contributed by atoms with Gasteiger partial charge < -0.3 is 10.8 Å². The molecule has 0 aliphatic heterocycles. The first kappa shape index (κ1) is 13.5. The minimum atomic E-state index is 0.247.